The van der Waals surface area contributed by atoms with Gasteiger partial charge in [-0.15, -0.1) is 0 Å². The molecule has 2 aromatic rings. The van der Waals surface area contributed by atoms with Crippen LogP contribution in [0.3, 0.4) is 0 Å². The lowest BCUT2D eigenvalue weighted by Crippen LogP contribution is -2.32. The molecule has 0 saturated carbocycles. The van der Waals surface area contributed by atoms with Gasteiger partial charge in [0.15, 0.2) is 0 Å². The van der Waals surface area contributed by atoms with E-state index in [2.05, 4.69) is 10.4 Å². The standard InChI is InChI=1S/C17H19N3O3/c1-20-15(21)8-7-14(19-20)17(22)18-11-13-9-10-23-16(13)12-5-3-2-4-6-12/h2-8,13,16H,9-11H2,1H3,(H,18,22)/t13-,16-/m1/s1. The first kappa shape index (κ1) is 15.4. The lowest BCUT2D eigenvalue weighted by atomic mass is 9.95. The van der Waals surface area contributed by atoms with Crippen molar-refractivity contribution in [2.75, 3.05) is 13.2 Å². The molecule has 2 atom stereocenters. The van der Waals surface area contributed by atoms with E-state index >= 15 is 0 Å². The number of nitrogens with zero attached hydrogens (tertiary/aromatic N) is 2. The summed E-state index contributed by atoms with van der Waals surface area (Å²) in [6.07, 6.45) is 0.908. The van der Waals surface area contributed by atoms with Gasteiger partial charge in [-0.25, -0.2) is 4.68 Å². The minimum Gasteiger partial charge on any atom is -0.373 e. The molecule has 6 heteroatoms. The minimum absolute atomic E-state index is 0.00425. The average Bonchev–Trinajstić information content (AvgIpc) is 3.04. The summed E-state index contributed by atoms with van der Waals surface area (Å²) < 4.78 is 6.97. The minimum atomic E-state index is -0.278. The third-order valence-corrected chi connectivity index (χ3v) is 4.06. The molecule has 120 valence electrons. The quantitative estimate of drug-likeness (QED) is 0.923. The molecule has 1 aliphatic heterocycles. The highest BCUT2D eigenvalue weighted by molar-refractivity contribution is 5.91. The fraction of sp³-hybridized carbons (Fsp3) is 0.353. The van der Waals surface area contributed by atoms with Crippen LogP contribution in [0.25, 0.3) is 0 Å². The Morgan fingerprint density at radius 2 is 2.09 bits per heavy atom. The van der Waals surface area contributed by atoms with Crippen molar-refractivity contribution in [1.29, 1.82) is 0 Å². The zero-order valence-electron chi connectivity index (χ0n) is 12.9. The van der Waals surface area contributed by atoms with Gasteiger partial charge >= 0.3 is 0 Å². The number of carbonyl (C=O) groups excluding carboxylic acids is 1. The number of aromatic nitrogens is 2. The fourth-order valence-electron chi connectivity index (χ4n) is 2.79. The van der Waals surface area contributed by atoms with Crippen LogP contribution in [0.4, 0.5) is 0 Å². The largest absolute Gasteiger partial charge is 0.373 e. The average molecular weight is 313 g/mol. The molecule has 1 aromatic carbocycles. The summed E-state index contributed by atoms with van der Waals surface area (Å²) in [6.45, 7) is 1.21. The smallest absolute Gasteiger partial charge is 0.271 e. The van der Waals surface area contributed by atoms with E-state index in [0.717, 1.165) is 16.7 Å². The summed E-state index contributed by atoms with van der Waals surface area (Å²) in [5, 5.41) is 6.85. The van der Waals surface area contributed by atoms with Crippen LogP contribution < -0.4 is 10.9 Å². The SMILES string of the molecule is Cn1nc(C(=O)NC[C@H]2CCO[C@@H]2c2ccccc2)ccc1=O. The van der Waals surface area contributed by atoms with Gasteiger partial charge in [0.2, 0.25) is 0 Å². The normalized spacial score (nSPS) is 20.4. The lowest BCUT2D eigenvalue weighted by Gasteiger charge is -2.19. The van der Waals surface area contributed by atoms with Gasteiger partial charge < -0.3 is 10.1 Å². The van der Waals surface area contributed by atoms with Crippen LogP contribution in [0.15, 0.2) is 47.3 Å². The highest BCUT2D eigenvalue weighted by Gasteiger charge is 2.29. The number of nitrogens with one attached hydrogen (secondary N) is 1. The second kappa shape index (κ2) is 6.75. The van der Waals surface area contributed by atoms with Gasteiger partial charge in [-0.05, 0) is 18.1 Å². The summed E-state index contributed by atoms with van der Waals surface area (Å²) in [5.74, 6) is -0.0480. The van der Waals surface area contributed by atoms with E-state index in [0.29, 0.717) is 13.2 Å². The summed E-state index contributed by atoms with van der Waals surface area (Å²) in [7, 11) is 1.52. The van der Waals surface area contributed by atoms with Crippen molar-refractivity contribution in [3.63, 3.8) is 0 Å². The molecule has 1 saturated heterocycles. The number of aryl methyl sites for hydroxylation is 1. The first-order valence-corrected chi connectivity index (χ1v) is 7.64. The highest BCUT2D eigenvalue weighted by Crippen LogP contribution is 2.33. The predicted molar refractivity (Wildman–Crippen MR) is 85.1 cm³/mol. The van der Waals surface area contributed by atoms with Gasteiger partial charge in [-0.3, -0.25) is 9.59 Å². The van der Waals surface area contributed by atoms with Crippen molar-refractivity contribution >= 4 is 5.91 Å². The summed E-state index contributed by atoms with van der Waals surface area (Å²) >= 11 is 0. The predicted octanol–water partition coefficient (Wildman–Crippen LogP) is 1.29. The molecule has 3 rings (SSSR count). The highest BCUT2D eigenvalue weighted by atomic mass is 16.5. The van der Waals surface area contributed by atoms with E-state index in [1.165, 1.54) is 19.2 Å². The molecule has 0 unspecified atom stereocenters. The van der Waals surface area contributed by atoms with Crippen LogP contribution >= 0.6 is 0 Å². The summed E-state index contributed by atoms with van der Waals surface area (Å²) in [5.41, 5.74) is 1.13. The molecule has 2 heterocycles. The van der Waals surface area contributed by atoms with E-state index in [1.54, 1.807) is 0 Å². The molecule has 0 aliphatic carbocycles. The fourth-order valence-corrected chi connectivity index (χ4v) is 2.79. The molecule has 6 nitrogen and oxygen atoms in total. The van der Waals surface area contributed by atoms with Gasteiger partial charge in [-0.2, -0.15) is 5.10 Å². The Kier molecular flexibility index (Phi) is 4.52. The van der Waals surface area contributed by atoms with Crippen LogP contribution in [0.5, 0.6) is 0 Å². The van der Waals surface area contributed by atoms with Crippen LogP contribution in [0, 0.1) is 5.92 Å². The third kappa shape index (κ3) is 3.48. The maximum Gasteiger partial charge on any atom is 0.271 e. The molecular weight excluding hydrogens is 294 g/mol. The van der Waals surface area contributed by atoms with Gasteiger partial charge in [0, 0.05) is 32.2 Å². The van der Waals surface area contributed by atoms with E-state index in [4.69, 9.17) is 4.74 Å². The number of ether oxygens (including phenoxy) is 1. The second-order valence-electron chi connectivity index (χ2n) is 5.64. The Morgan fingerprint density at radius 1 is 1.30 bits per heavy atom. The molecule has 1 aliphatic rings. The van der Waals surface area contributed by atoms with Gasteiger partial charge in [-0.1, -0.05) is 30.3 Å². The maximum atomic E-state index is 12.2. The van der Waals surface area contributed by atoms with Gasteiger partial charge in [0.05, 0.1) is 6.10 Å². The first-order valence-electron chi connectivity index (χ1n) is 7.64. The van der Waals surface area contributed by atoms with Crippen molar-refractivity contribution in [2.24, 2.45) is 13.0 Å². The maximum absolute atomic E-state index is 12.2. The molecule has 23 heavy (non-hydrogen) atoms. The Labute approximate surface area is 134 Å². The van der Waals surface area contributed by atoms with Crippen LogP contribution in [-0.2, 0) is 11.8 Å². The van der Waals surface area contributed by atoms with E-state index < -0.39 is 0 Å². The zero-order chi connectivity index (χ0) is 16.2. The molecule has 1 N–H and O–H groups in total. The number of benzene rings is 1. The van der Waals surface area contributed by atoms with Gasteiger partial charge in [0.1, 0.15) is 5.69 Å². The summed E-state index contributed by atoms with van der Waals surface area (Å²) in [4.78, 5) is 23.5. The zero-order valence-corrected chi connectivity index (χ0v) is 12.9. The number of rotatable bonds is 4. The Bertz CT molecular complexity index is 742. The van der Waals surface area contributed by atoms with Gasteiger partial charge in [0.25, 0.3) is 11.5 Å². The van der Waals surface area contributed by atoms with Crippen LogP contribution in [-0.4, -0.2) is 28.8 Å². The number of carbonyl (C=O) groups is 1. The van der Waals surface area contributed by atoms with Crippen LogP contribution in [0.2, 0.25) is 0 Å². The number of hydrogen-bond acceptors (Lipinski definition) is 4. The molecule has 1 amide bonds. The van der Waals surface area contributed by atoms with Crippen molar-refractivity contribution in [3.8, 4) is 0 Å². The van der Waals surface area contributed by atoms with E-state index in [-0.39, 0.29) is 29.2 Å². The number of hydrogen-bond donors (Lipinski definition) is 1. The molecule has 0 bridgehead atoms. The second-order valence-corrected chi connectivity index (χ2v) is 5.64. The monoisotopic (exact) mass is 313 g/mol. The molecular formula is C17H19N3O3. The van der Waals surface area contributed by atoms with Crippen molar-refractivity contribution < 1.29 is 9.53 Å². The number of amides is 1. The van der Waals surface area contributed by atoms with E-state index in [9.17, 15) is 9.59 Å². The molecule has 0 spiro atoms. The summed E-state index contributed by atoms with van der Waals surface area (Å²) in [6, 6.07) is 12.8. The molecule has 0 radical (unpaired) electrons. The molecule has 1 aromatic heterocycles. The van der Waals surface area contributed by atoms with Crippen LogP contribution in [0.1, 0.15) is 28.6 Å². The van der Waals surface area contributed by atoms with Crippen molar-refractivity contribution in [3.05, 3.63) is 64.1 Å². The Balaban J connectivity index is 1.64. The Hall–Kier alpha value is -2.47. The topological polar surface area (TPSA) is 73.2 Å². The molecule has 1 fully saturated rings. The van der Waals surface area contributed by atoms with Crippen molar-refractivity contribution in [1.82, 2.24) is 15.1 Å². The lowest BCUT2D eigenvalue weighted by molar-refractivity contribution is 0.0843. The van der Waals surface area contributed by atoms with Crippen molar-refractivity contribution in [2.45, 2.75) is 12.5 Å². The van der Waals surface area contributed by atoms with E-state index in [1.807, 2.05) is 30.3 Å². The first-order chi connectivity index (χ1) is 11.1. The Morgan fingerprint density at radius 3 is 2.83 bits per heavy atom. The third-order valence-electron chi connectivity index (χ3n) is 4.06.